The molecule has 1 aliphatic carbocycles. The number of aliphatic hydroxyl groups is 1. The molecule has 0 bridgehead atoms. The molecule has 1 aliphatic rings. The third kappa shape index (κ3) is 1.35. The number of allylic oxidation sites excluding steroid dienone is 1. The van der Waals surface area contributed by atoms with Crippen LogP contribution in [0.15, 0.2) is 11.6 Å². The van der Waals surface area contributed by atoms with E-state index in [2.05, 4.69) is 0 Å². The van der Waals surface area contributed by atoms with Crippen molar-refractivity contribution in [2.24, 2.45) is 0 Å². The van der Waals surface area contributed by atoms with Crippen molar-refractivity contribution >= 4 is 17.3 Å². The molecule has 0 fully saturated rings. The van der Waals surface area contributed by atoms with Gasteiger partial charge in [0.15, 0.2) is 11.5 Å². The number of rotatable bonds is 1. The number of hydrogen-bond donors (Lipinski definition) is 3. The number of phenols is 2. The van der Waals surface area contributed by atoms with Gasteiger partial charge in [-0.05, 0) is 13.0 Å². The number of aromatic hydroxyl groups is 2. The van der Waals surface area contributed by atoms with E-state index in [1.807, 2.05) is 0 Å². The number of ether oxygens (including phenoxy) is 1. The minimum absolute atomic E-state index is 0.0899. The minimum Gasteiger partial charge on any atom is -0.507 e. The average molecular weight is 250 g/mol. The molecule has 0 spiro atoms. The molecule has 1 aromatic rings. The van der Waals surface area contributed by atoms with Crippen LogP contribution in [0, 0.1) is 0 Å². The maximum atomic E-state index is 11.8. The molecular formula is C12H10O6. The molecule has 6 heteroatoms. The van der Waals surface area contributed by atoms with Gasteiger partial charge in [-0.15, -0.1) is 0 Å². The van der Waals surface area contributed by atoms with Gasteiger partial charge in [0, 0.05) is 11.1 Å². The van der Waals surface area contributed by atoms with Crippen LogP contribution in [0.5, 0.6) is 17.2 Å². The van der Waals surface area contributed by atoms with Gasteiger partial charge in [-0.1, -0.05) is 0 Å². The molecule has 0 heterocycles. The number of methoxy groups -OCH3 is 1. The Labute approximate surface area is 102 Å². The van der Waals surface area contributed by atoms with Crippen LogP contribution in [0.3, 0.4) is 0 Å². The van der Waals surface area contributed by atoms with Gasteiger partial charge in [0.25, 0.3) is 0 Å². The lowest BCUT2D eigenvalue weighted by molar-refractivity contribution is -0.111. The fourth-order valence-corrected chi connectivity index (χ4v) is 1.85. The molecule has 0 radical (unpaired) electrons. The molecule has 1 aromatic carbocycles. The van der Waals surface area contributed by atoms with Gasteiger partial charge in [0.05, 0.1) is 12.7 Å². The molecule has 94 valence electrons. The molecule has 0 unspecified atom stereocenters. The van der Waals surface area contributed by atoms with Crippen LogP contribution in [0.4, 0.5) is 0 Å². The standard InChI is InChI=1S/C12H10O6/c1-4-8(14)5-3-6(13)12(18-2)11(17)7(5)10(16)9(4)15/h3,13-14,17H,1-2H3. The van der Waals surface area contributed by atoms with Crippen molar-refractivity contribution in [3.8, 4) is 17.2 Å². The zero-order valence-electron chi connectivity index (χ0n) is 9.64. The topological polar surface area (TPSA) is 104 Å². The summed E-state index contributed by atoms with van der Waals surface area (Å²) in [6.45, 7) is 1.29. The van der Waals surface area contributed by atoms with E-state index in [1.165, 1.54) is 14.0 Å². The molecule has 2 rings (SSSR count). The molecule has 0 saturated carbocycles. The number of ketones is 2. The van der Waals surface area contributed by atoms with Crippen LogP contribution in [-0.2, 0) is 4.79 Å². The molecule has 0 atom stereocenters. The van der Waals surface area contributed by atoms with E-state index in [1.54, 1.807) is 0 Å². The Morgan fingerprint density at radius 3 is 2.28 bits per heavy atom. The Hall–Kier alpha value is -2.50. The highest BCUT2D eigenvalue weighted by atomic mass is 16.5. The van der Waals surface area contributed by atoms with Crippen molar-refractivity contribution in [3.63, 3.8) is 0 Å². The van der Waals surface area contributed by atoms with E-state index in [0.29, 0.717) is 0 Å². The first-order valence-electron chi connectivity index (χ1n) is 5.02. The summed E-state index contributed by atoms with van der Waals surface area (Å²) in [7, 11) is 1.19. The molecular weight excluding hydrogens is 240 g/mol. The van der Waals surface area contributed by atoms with E-state index in [0.717, 1.165) is 6.07 Å². The summed E-state index contributed by atoms with van der Waals surface area (Å²) < 4.78 is 4.73. The lowest BCUT2D eigenvalue weighted by atomic mass is 9.88. The largest absolute Gasteiger partial charge is 0.507 e. The first-order chi connectivity index (χ1) is 8.40. The van der Waals surface area contributed by atoms with Gasteiger partial charge < -0.3 is 20.1 Å². The smallest absolute Gasteiger partial charge is 0.237 e. The predicted molar refractivity (Wildman–Crippen MR) is 60.9 cm³/mol. The third-order valence-electron chi connectivity index (χ3n) is 2.82. The van der Waals surface area contributed by atoms with E-state index in [9.17, 15) is 24.9 Å². The Kier molecular flexibility index (Phi) is 2.50. The Morgan fingerprint density at radius 1 is 1.11 bits per heavy atom. The predicted octanol–water partition coefficient (Wildman–Crippen LogP) is 1.16. The molecule has 3 N–H and O–H groups in total. The maximum Gasteiger partial charge on any atom is 0.237 e. The first-order valence-corrected chi connectivity index (χ1v) is 5.02. The van der Waals surface area contributed by atoms with E-state index >= 15 is 0 Å². The summed E-state index contributed by atoms with van der Waals surface area (Å²) in [6.07, 6.45) is 0. The summed E-state index contributed by atoms with van der Waals surface area (Å²) in [5, 5.41) is 29.2. The van der Waals surface area contributed by atoms with Crippen molar-refractivity contribution in [2.75, 3.05) is 7.11 Å². The minimum atomic E-state index is -0.948. The summed E-state index contributed by atoms with van der Waals surface area (Å²) in [6, 6.07) is 1.07. The van der Waals surface area contributed by atoms with Gasteiger partial charge in [-0.3, -0.25) is 9.59 Å². The molecule has 6 nitrogen and oxygen atoms in total. The molecule has 18 heavy (non-hydrogen) atoms. The number of carbonyl (C=O) groups excluding carboxylic acids is 2. The number of hydrogen-bond acceptors (Lipinski definition) is 6. The zero-order chi connectivity index (χ0) is 13.6. The summed E-state index contributed by atoms with van der Waals surface area (Å²) in [4.78, 5) is 23.3. The summed E-state index contributed by atoms with van der Waals surface area (Å²) in [5.41, 5.74) is -0.581. The summed E-state index contributed by atoms with van der Waals surface area (Å²) >= 11 is 0. The number of Topliss-reactive ketones (excluding diaryl/α,β-unsaturated/α-hetero) is 2. The normalized spacial score (nSPS) is 14.8. The fraction of sp³-hybridized carbons (Fsp3) is 0.167. The molecule has 0 amide bonds. The fourth-order valence-electron chi connectivity index (χ4n) is 1.85. The average Bonchev–Trinajstić information content (AvgIpc) is 2.33. The van der Waals surface area contributed by atoms with Gasteiger partial charge >= 0.3 is 0 Å². The van der Waals surface area contributed by atoms with E-state index in [4.69, 9.17) is 4.74 Å². The van der Waals surface area contributed by atoms with Crippen molar-refractivity contribution in [3.05, 3.63) is 22.8 Å². The second-order valence-corrected chi connectivity index (χ2v) is 3.83. The lowest BCUT2D eigenvalue weighted by Gasteiger charge is -2.18. The van der Waals surface area contributed by atoms with Gasteiger partial charge in [0.1, 0.15) is 5.76 Å². The molecule has 0 aromatic heterocycles. The lowest BCUT2D eigenvalue weighted by Crippen LogP contribution is -2.23. The number of aliphatic hydroxyl groups excluding tert-OH is 1. The molecule has 0 saturated heterocycles. The van der Waals surface area contributed by atoms with Gasteiger partial charge in [0.2, 0.25) is 17.3 Å². The highest BCUT2D eigenvalue weighted by molar-refractivity contribution is 6.52. The van der Waals surface area contributed by atoms with Crippen molar-refractivity contribution in [2.45, 2.75) is 6.92 Å². The Morgan fingerprint density at radius 2 is 1.72 bits per heavy atom. The van der Waals surface area contributed by atoms with Crippen LogP contribution < -0.4 is 4.74 Å². The van der Waals surface area contributed by atoms with Crippen LogP contribution in [0.1, 0.15) is 22.8 Å². The Balaban J connectivity index is 2.88. The van der Waals surface area contributed by atoms with Crippen molar-refractivity contribution in [1.29, 1.82) is 0 Å². The highest BCUT2D eigenvalue weighted by Gasteiger charge is 2.35. The van der Waals surface area contributed by atoms with Crippen molar-refractivity contribution < 1.29 is 29.6 Å². The van der Waals surface area contributed by atoms with E-state index < -0.39 is 28.8 Å². The third-order valence-corrected chi connectivity index (χ3v) is 2.82. The number of benzene rings is 1. The van der Waals surface area contributed by atoms with Crippen LogP contribution in [-0.4, -0.2) is 34.0 Å². The van der Waals surface area contributed by atoms with Crippen LogP contribution in [0.25, 0.3) is 5.76 Å². The SMILES string of the molecule is COc1c(O)cc2c(c1O)C(=O)C(=O)C(C)=C2O. The van der Waals surface area contributed by atoms with Crippen molar-refractivity contribution in [1.82, 2.24) is 0 Å². The number of carbonyl (C=O) groups is 2. The van der Waals surface area contributed by atoms with E-state index in [-0.39, 0.29) is 22.4 Å². The number of fused-ring (bicyclic) bond motifs is 1. The van der Waals surface area contributed by atoms with Crippen LogP contribution in [0.2, 0.25) is 0 Å². The quantitative estimate of drug-likeness (QED) is 0.646. The maximum absolute atomic E-state index is 11.8. The zero-order valence-corrected chi connectivity index (χ0v) is 9.64. The monoisotopic (exact) mass is 250 g/mol. The second kappa shape index (κ2) is 3.76. The highest BCUT2D eigenvalue weighted by Crippen LogP contribution is 2.44. The number of phenolic OH excluding ortho intramolecular Hbond substituents is 2. The molecule has 0 aliphatic heterocycles. The van der Waals surface area contributed by atoms with Crippen LogP contribution >= 0.6 is 0 Å². The summed E-state index contributed by atoms with van der Waals surface area (Å²) in [5.74, 6) is -3.70. The van der Waals surface area contributed by atoms with Gasteiger partial charge in [-0.2, -0.15) is 0 Å². The second-order valence-electron chi connectivity index (χ2n) is 3.83. The Bertz CT molecular complexity index is 611. The van der Waals surface area contributed by atoms with Gasteiger partial charge in [-0.25, -0.2) is 0 Å². The first kappa shape index (κ1) is 12.0.